The summed E-state index contributed by atoms with van der Waals surface area (Å²) in [6, 6.07) is 3.98. The second kappa shape index (κ2) is 7.25. The molecule has 28 heavy (non-hydrogen) atoms. The fraction of sp³-hybridized carbons (Fsp3) is 0.235. The summed E-state index contributed by atoms with van der Waals surface area (Å²) in [5.41, 5.74) is -3.20. The Hall–Kier alpha value is -3.50. The van der Waals surface area contributed by atoms with Crippen LogP contribution in [0.25, 0.3) is 16.7 Å². The van der Waals surface area contributed by atoms with Crippen LogP contribution in [-0.4, -0.2) is 31.7 Å². The van der Waals surface area contributed by atoms with Gasteiger partial charge in [0, 0.05) is 6.20 Å². The van der Waals surface area contributed by atoms with Gasteiger partial charge in [-0.05, 0) is 25.1 Å². The third-order valence-corrected chi connectivity index (χ3v) is 3.82. The molecule has 0 aliphatic rings. The van der Waals surface area contributed by atoms with Crippen molar-refractivity contribution in [2.24, 2.45) is 0 Å². The molecule has 0 bridgehead atoms. The fourth-order valence-electron chi connectivity index (χ4n) is 2.63. The predicted octanol–water partition coefficient (Wildman–Crippen LogP) is 1.52. The lowest BCUT2D eigenvalue weighted by Gasteiger charge is -2.14. The van der Waals surface area contributed by atoms with Gasteiger partial charge in [-0.15, -0.1) is 0 Å². The van der Waals surface area contributed by atoms with Gasteiger partial charge in [-0.1, -0.05) is 6.07 Å². The number of hydrogen-bond donors (Lipinski definition) is 0. The van der Waals surface area contributed by atoms with Crippen molar-refractivity contribution < 1.29 is 22.7 Å². The first-order chi connectivity index (χ1) is 13.2. The normalized spacial score (nSPS) is 11.6. The third-order valence-electron chi connectivity index (χ3n) is 3.82. The fourth-order valence-corrected chi connectivity index (χ4v) is 2.63. The number of benzene rings is 1. The molecule has 0 spiro atoms. The van der Waals surface area contributed by atoms with Gasteiger partial charge in [0.2, 0.25) is 0 Å². The molecule has 0 radical (unpaired) electrons. The zero-order valence-electron chi connectivity index (χ0n) is 14.4. The van der Waals surface area contributed by atoms with Crippen LogP contribution in [0.3, 0.4) is 0 Å². The van der Waals surface area contributed by atoms with Gasteiger partial charge in [-0.25, -0.2) is 23.9 Å². The Morgan fingerprint density at radius 1 is 1.25 bits per heavy atom. The van der Waals surface area contributed by atoms with Crippen LogP contribution in [0.4, 0.5) is 13.2 Å². The van der Waals surface area contributed by atoms with Crippen molar-refractivity contribution in [2.45, 2.75) is 19.6 Å². The number of carbonyl (C=O) groups excluding carboxylic acids is 1. The molecule has 0 saturated carbocycles. The van der Waals surface area contributed by atoms with Gasteiger partial charge in [-0.2, -0.15) is 13.2 Å². The van der Waals surface area contributed by atoms with Crippen molar-refractivity contribution in [3.05, 3.63) is 63.2 Å². The second-order valence-electron chi connectivity index (χ2n) is 5.62. The number of alkyl halides is 3. The maximum atomic E-state index is 13.1. The van der Waals surface area contributed by atoms with Gasteiger partial charge < -0.3 is 4.74 Å². The number of esters is 1. The Morgan fingerprint density at radius 3 is 2.68 bits per heavy atom. The third kappa shape index (κ3) is 3.50. The highest BCUT2D eigenvalue weighted by molar-refractivity contribution is 5.75. The van der Waals surface area contributed by atoms with Gasteiger partial charge in [0.25, 0.3) is 5.56 Å². The van der Waals surface area contributed by atoms with E-state index in [9.17, 15) is 27.6 Å². The lowest BCUT2D eigenvalue weighted by atomic mass is 10.2. The highest BCUT2D eigenvalue weighted by Crippen LogP contribution is 2.30. The average Bonchev–Trinajstić information content (AvgIpc) is 2.65. The standard InChI is InChI=1S/C17H13F3N4O4/c1-2-28-13(25)8-23-15(26)12-7-21-9-22-14(12)24(16(23)27)11-5-3-4-10(6-11)17(18,19)20/h3-7,9H,2,8H2,1H3. The number of nitrogens with zero attached hydrogens (tertiary/aromatic N) is 4. The minimum Gasteiger partial charge on any atom is -0.465 e. The first-order valence-corrected chi connectivity index (χ1v) is 8.03. The molecule has 8 nitrogen and oxygen atoms in total. The van der Waals surface area contributed by atoms with Crippen molar-refractivity contribution in [2.75, 3.05) is 6.61 Å². The molecule has 11 heteroatoms. The first-order valence-electron chi connectivity index (χ1n) is 8.03. The summed E-state index contributed by atoms with van der Waals surface area (Å²) < 4.78 is 45.4. The quantitative estimate of drug-likeness (QED) is 0.623. The van der Waals surface area contributed by atoms with Crippen molar-refractivity contribution in [3.63, 3.8) is 0 Å². The first kappa shape index (κ1) is 19.3. The molecular weight excluding hydrogens is 381 g/mol. The van der Waals surface area contributed by atoms with Crippen molar-refractivity contribution >= 4 is 17.0 Å². The number of ether oxygens (including phenoxy) is 1. The Kier molecular flexibility index (Phi) is 4.99. The molecule has 0 fully saturated rings. The maximum absolute atomic E-state index is 13.1. The number of halogens is 3. The van der Waals surface area contributed by atoms with Crippen LogP contribution in [0.15, 0.2) is 46.4 Å². The lowest BCUT2D eigenvalue weighted by Crippen LogP contribution is -2.41. The summed E-state index contributed by atoms with van der Waals surface area (Å²) in [5, 5.41) is -0.135. The largest absolute Gasteiger partial charge is 0.465 e. The summed E-state index contributed by atoms with van der Waals surface area (Å²) in [7, 11) is 0. The van der Waals surface area contributed by atoms with E-state index in [0.29, 0.717) is 4.57 Å². The van der Waals surface area contributed by atoms with E-state index < -0.39 is 35.5 Å². The SMILES string of the molecule is CCOC(=O)Cn1c(=O)c2cncnc2n(-c2cccc(C(F)(F)F)c2)c1=O. The molecule has 0 aliphatic carbocycles. The number of carbonyl (C=O) groups is 1. The molecule has 2 aromatic heterocycles. The maximum Gasteiger partial charge on any atom is 0.416 e. The summed E-state index contributed by atoms with van der Waals surface area (Å²) in [6.07, 6.45) is -2.46. The van der Waals surface area contributed by atoms with Crippen LogP contribution >= 0.6 is 0 Å². The molecule has 0 unspecified atom stereocenters. The van der Waals surface area contributed by atoms with Crippen molar-refractivity contribution in [1.29, 1.82) is 0 Å². The predicted molar refractivity (Wildman–Crippen MR) is 91.0 cm³/mol. The van der Waals surface area contributed by atoms with Gasteiger partial charge in [0.1, 0.15) is 18.3 Å². The summed E-state index contributed by atoms with van der Waals surface area (Å²) in [5.74, 6) is -0.839. The monoisotopic (exact) mass is 394 g/mol. The Labute approximate surface area is 154 Å². The molecule has 3 aromatic rings. The Morgan fingerprint density at radius 2 is 2.00 bits per heavy atom. The van der Waals surface area contributed by atoms with Crippen LogP contribution in [-0.2, 0) is 22.3 Å². The zero-order chi connectivity index (χ0) is 20.5. The van der Waals surface area contributed by atoms with Gasteiger partial charge in [0.15, 0.2) is 5.65 Å². The molecule has 0 saturated heterocycles. The van der Waals surface area contributed by atoms with Crippen molar-refractivity contribution in [3.8, 4) is 5.69 Å². The number of hydrogen-bond acceptors (Lipinski definition) is 6. The Bertz CT molecular complexity index is 1170. The summed E-state index contributed by atoms with van der Waals surface area (Å²) in [4.78, 5) is 44.8. The highest BCUT2D eigenvalue weighted by atomic mass is 19.4. The summed E-state index contributed by atoms with van der Waals surface area (Å²) in [6.45, 7) is 0.886. The van der Waals surface area contributed by atoms with Gasteiger partial charge in [0.05, 0.1) is 17.9 Å². The number of fused-ring (bicyclic) bond motifs is 1. The Balaban J connectivity index is 2.33. The van der Waals surface area contributed by atoms with E-state index in [0.717, 1.165) is 35.3 Å². The smallest absolute Gasteiger partial charge is 0.416 e. The van der Waals surface area contributed by atoms with Crippen LogP contribution in [0, 0.1) is 0 Å². The van der Waals surface area contributed by atoms with E-state index in [-0.39, 0.29) is 23.3 Å². The van der Waals surface area contributed by atoms with Crippen LogP contribution in [0.2, 0.25) is 0 Å². The van der Waals surface area contributed by atoms with Crippen LogP contribution in [0.5, 0.6) is 0 Å². The van der Waals surface area contributed by atoms with E-state index in [1.165, 1.54) is 6.07 Å². The molecule has 3 rings (SSSR count). The van der Waals surface area contributed by atoms with Gasteiger partial charge in [-0.3, -0.25) is 9.59 Å². The molecule has 146 valence electrons. The molecule has 0 aliphatic heterocycles. The zero-order valence-corrected chi connectivity index (χ0v) is 14.4. The van der Waals surface area contributed by atoms with E-state index in [1.54, 1.807) is 6.92 Å². The molecule has 0 N–H and O–H groups in total. The van der Waals surface area contributed by atoms with E-state index in [4.69, 9.17) is 4.74 Å². The minimum atomic E-state index is -4.64. The number of aromatic nitrogens is 4. The molecule has 1 aromatic carbocycles. The van der Waals surface area contributed by atoms with Crippen LogP contribution in [0.1, 0.15) is 12.5 Å². The number of rotatable bonds is 4. The van der Waals surface area contributed by atoms with Crippen molar-refractivity contribution in [1.82, 2.24) is 19.1 Å². The molecule has 2 heterocycles. The molecule has 0 atom stereocenters. The van der Waals surface area contributed by atoms with E-state index in [2.05, 4.69) is 9.97 Å². The van der Waals surface area contributed by atoms with Gasteiger partial charge >= 0.3 is 17.8 Å². The highest BCUT2D eigenvalue weighted by Gasteiger charge is 2.31. The van der Waals surface area contributed by atoms with Crippen LogP contribution < -0.4 is 11.2 Å². The molecular formula is C17H13F3N4O4. The topological polar surface area (TPSA) is 96.1 Å². The second-order valence-corrected chi connectivity index (χ2v) is 5.62. The average molecular weight is 394 g/mol. The minimum absolute atomic E-state index is 0.0338. The van der Waals surface area contributed by atoms with E-state index >= 15 is 0 Å². The molecule has 0 amide bonds. The van der Waals surface area contributed by atoms with E-state index in [1.807, 2.05) is 0 Å². The summed E-state index contributed by atoms with van der Waals surface area (Å²) >= 11 is 0. The lowest BCUT2D eigenvalue weighted by molar-refractivity contribution is -0.144.